The van der Waals surface area contributed by atoms with Crippen LogP contribution in [-0.2, 0) is 33.3 Å². The molecule has 47 heavy (non-hydrogen) atoms. The third-order valence-corrected chi connectivity index (χ3v) is 8.28. The second-order valence-corrected chi connectivity index (χ2v) is 12.5. The monoisotopic (exact) mass is 667 g/mol. The molecule has 0 aliphatic carbocycles. The molecule has 1 aliphatic rings. The lowest BCUT2D eigenvalue weighted by molar-refractivity contribution is -0.265. The highest BCUT2D eigenvalue weighted by molar-refractivity contribution is 5.98. The highest BCUT2D eigenvalue weighted by Gasteiger charge is 2.50. The lowest BCUT2D eigenvalue weighted by Crippen LogP contribution is -2.66. The van der Waals surface area contributed by atoms with E-state index >= 15 is 0 Å². The number of ketones is 1. The summed E-state index contributed by atoms with van der Waals surface area (Å²) in [5, 5.41) is 13.0. The van der Waals surface area contributed by atoms with E-state index in [-0.39, 0.29) is 18.8 Å². The first-order valence-corrected chi connectivity index (χ1v) is 18.3. The van der Waals surface area contributed by atoms with Crippen molar-refractivity contribution in [3.8, 4) is 0 Å². The second-order valence-electron chi connectivity index (χ2n) is 12.5. The van der Waals surface area contributed by atoms with Crippen LogP contribution in [-0.4, -0.2) is 73.4 Å². The Morgan fingerprint density at radius 2 is 1.40 bits per heavy atom. The summed E-state index contributed by atoms with van der Waals surface area (Å²) < 4.78 is 28.7. The Bertz CT molecular complexity index is 865. The van der Waals surface area contributed by atoms with E-state index in [9.17, 15) is 19.5 Å². The molecule has 2 N–H and O–H groups in total. The minimum Gasteiger partial charge on any atom is -0.471 e. The van der Waals surface area contributed by atoms with E-state index in [4.69, 9.17) is 23.7 Å². The maximum Gasteiger partial charge on any atom is 0.509 e. The van der Waals surface area contributed by atoms with E-state index in [1.54, 1.807) is 13.0 Å². The molecule has 1 rings (SSSR count). The smallest absolute Gasteiger partial charge is 0.471 e. The third-order valence-electron chi connectivity index (χ3n) is 8.28. The zero-order valence-corrected chi connectivity index (χ0v) is 29.6. The summed E-state index contributed by atoms with van der Waals surface area (Å²) in [7, 11) is 0. The Balaban J connectivity index is 2.88. The highest BCUT2D eigenvalue weighted by Crippen LogP contribution is 2.28. The molecule has 1 heterocycles. The van der Waals surface area contributed by atoms with Crippen molar-refractivity contribution in [2.45, 2.75) is 173 Å². The van der Waals surface area contributed by atoms with Crippen molar-refractivity contribution >= 4 is 17.8 Å². The predicted molar refractivity (Wildman–Crippen MR) is 184 cm³/mol. The Morgan fingerprint density at radius 1 is 0.830 bits per heavy atom. The van der Waals surface area contributed by atoms with Crippen LogP contribution in [0.4, 0.5) is 4.79 Å². The zero-order chi connectivity index (χ0) is 34.5. The number of hydrogen-bond donors (Lipinski definition) is 2. The summed E-state index contributed by atoms with van der Waals surface area (Å²) in [5.74, 6) is -0.636. The van der Waals surface area contributed by atoms with Gasteiger partial charge in [-0.3, -0.25) is 9.59 Å². The molecule has 272 valence electrons. The maximum atomic E-state index is 13.2. The van der Waals surface area contributed by atoms with Crippen molar-refractivity contribution in [1.82, 2.24) is 5.32 Å². The predicted octanol–water partition coefficient (Wildman–Crippen LogP) is 7.85. The number of rotatable bonds is 29. The van der Waals surface area contributed by atoms with Crippen LogP contribution in [0.15, 0.2) is 25.0 Å². The molecule has 1 saturated heterocycles. The van der Waals surface area contributed by atoms with Crippen LogP contribution in [0.25, 0.3) is 0 Å². The number of nitrogens with one attached hydrogen (secondary N) is 1. The zero-order valence-electron chi connectivity index (χ0n) is 29.6. The fraction of sp³-hybridized carbons (Fsp3) is 0.811. The summed E-state index contributed by atoms with van der Waals surface area (Å²) in [6.07, 6.45) is 18.6. The van der Waals surface area contributed by atoms with Gasteiger partial charge in [0.15, 0.2) is 6.10 Å². The number of Topliss-reactive ketones (excluding diaryl/α,β-unsaturated/α-hetero) is 1. The number of amides is 1. The highest BCUT2D eigenvalue weighted by atomic mass is 16.8. The number of allylic oxidation sites excluding steroid dienone is 1. The van der Waals surface area contributed by atoms with Gasteiger partial charge in [-0.25, -0.2) is 4.79 Å². The van der Waals surface area contributed by atoms with Crippen LogP contribution in [0, 0.1) is 0 Å². The van der Waals surface area contributed by atoms with Crippen molar-refractivity contribution in [3.05, 3.63) is 25.0 Å². The van der Waals surface area contributed by atoms with Gasteiger partial charge in [-0.2, -0.15) is 0 Å². The number of hydrogen-bond acceptors (Lipinski definition) is 9. The largest absolute Gasteiger partial charge is 0.509 e. The number of aliphatic hydroxyl groups excluding tert-OH is 1. The molecule has 0 aromatic carbocycles. The van der Waals surface area contributed by atoms with Gasteiger partial charge in [0, 0.05) is 13.0 Å². The van der Waals surface area contributed by atoms with E-state index in [1.165, 1.54) is 76.5 Å². The molecule has 10 nitrogen and oxygen atoms in total. The summed E-state index contributed by atoms with van der Waals surface area (Å²) >= 11 is 0. The molecule has 1 fully saturated rings. The molecule has 1 amide bonds. The molecule has 0 saturated carbocycles. The quantitative estimate of drug-likeness (QED) is 0.0269. The number of ether oxygens (including phenoxy) is 5. The van der Waals surface area contributed by atoms with E-state index in [1.807, 2.05) is 0 Å². The van der Waals surface area contributed by atoms with Crippen LogP contribution in [0.2, 0.25) is 0 Å². The van der Waals surface area contributed by atoms with Crippen LogP contribution in [0.3, 0.4) is 0 Å². The van der Waals surface area contributed by atoms with Gasteiger partial charge in [0.25, 0.3) is 0 Å². The number of carbonyl (C=O) groups is 3. The third kappa shape index (κ3) is 19.9. The molecule has 5 atom stereocenters. The van der Waals surface area contributed by atoms with Gasteiger partial charge in [0.2, 0.25) is 12.2 Å². The van der Waals surface area contributed by atoms with Crippen LogP contribution in [0.1, 0.15) is 143 Å². The molecule has 0 bridgehead atoms. The number of aliphatic hydroxyl groups is 1. The van der Waals surface area contributed by atoms with Crippen LogP contribution in [0.5, 0.6) is 0 Å². The van der Waals surface area contributed by atoms with E-state index in [0.717, 1.165) is 44.9 Å². The van der Waals surface area contributed by atoms with Gasteiger partial charge >= 0.3 is 6.16 Å². The standard InChI is InChI=1S/C37H65NO9/c1-5-9-11-13-15-17-18-20-22-24-30(40)28-32(41)38-33-35(43-27-23-21-19-16-14-12-10-6-2)34(47-37(42)45-26-8-4)31(29-39)46-36(33)44-25-7-3/h7-8,25,31,33-36,39H,4-6,9-24,26-29H2,1-3H3,(H,38,41)/b25-7-/t31-,33-,34+,35-,36+/m1/s1. The van der Waals surface area contributed by atoms with Gasteiger partial charge in [-0.05, 0) is 19.8 Å². The molecule has 1 aliphatic heterocycles. The summed E-state index contributed by atoms with van der Waals surface area (Å²) in [5.41, 5.74) is 0. The van der Waals surface area contributed by atoms with E-state index in [2.05, 4.69) is 25.7 Å². The normalized spacial score (nSPS) is 21.0. The first-order valence-electron chi connectivity index (χ1n) is 18.3. The molecule has 0 aromatic rings. The SMILES string of the molecule is C=CCOC(=O)O[C@@H]1[C@H](OCCCCCCCCCC)[C@@H](NC(=O)CC(=O)CCCCCCCCCCC)[C@@H](O/C=C\C)O[C@@H]1CO. The van der Waals surface area contributed by atoms with Crippen molar-refractivity contribution in [2.75, 3.05) is 19.8 Å². The Morgan fingerprint density at radius 3 is 1.96 bits per heavy atom. The Hall–Kier alpha value is -2.43. The minimum absolute atomic E-state index is 0.0613. The summed E-state index contributed by atoms with van der Waals surface area (Å²) in [6, 6.07) is -0.937. The Labute approximate surface area is 284 Å². The lowest BCUT2D eigenvalue weighted by atomic mass is 9.95. The number of carbonyl (C=O) groups excluding carboxylic acids is 3. The summed E-state index contributed by atoms with van der Waals surface area (Å²) in [4.78, 5) is 38.4. The maximum absolute atomic E-state index is 13.2. The second kappa shape index (κ2) is 28.6. The van der Waals surface area contributed by atoms with Crippen molar-refractivity contribution < 1.29 is 43.2 Å². The fourth-order valence-electron chi connectivity index (χ4n) is 5.68. The van der Waals surface area contributed by atoms with Gasteiger partial charge in [0.1, 0.15) is 30.6 Å². The van der Waals surface area contributed by atoms with Gasteiger partial charge in [-0.1, -0.05) is 129 Å². The first kappa shape index (κ1) is 42.6. The van der Waals surface area contributed by atoms with Gasteiger partial charge < -0.3 is 34.1 Å². The molecule has 0 unspecified atom stereocenters. The summed E-state index contributed by atoms with van der Waals surface area (Å²) in [6.45, 7) is 9.50. The molecular weight excluding hydrogens is 602 g/mol. The minimum atomic E-state index is -1.11. The topological polar surface area (TPSA) is 130 Å². The fourth-order valence-corrected chi connectivity index (χ4v) is 5.68. The molecule has 0 aromatic heterocycles. The van der Waals surface area contributed by atoms with E-state index in [0.29, 0.717) is 13.0 Å². The van der Waals surface area contributed by atoms with Gasteiger partial charge in [0.05, 0.1) is 19.3 Å². The Kier molecular flexibility index (Phi) is 25.9. The van der Waals surface area contributed by atoms with Crippen molar-refractivity contribution in [1.29, 1.82) is 0 Å². The molecule has 10 heteroatoms. The van der Waals surface area contributed by atoms with Crippen molar-refractivity contribution in [3.63, 3.8) is 0 Å². The van der Waals surface area contributed by atoms with Gasteiger partial charge in [-0.15, -0.1) is 0 Å². The van der Waals surface area contributed by atoms with Crippen LogP contribution >= 0.6 is 0 Å². The lowest BCUT2D eigenvalue weighted by Gasteiger charge is -2.44. The first-order chi connectivity index (χ1) is 22.9. The van der Waals surface area contributed by atoms with Crippen molar-refractivity contribution in [2.24, 2.45) is 0 Å². The molecule has 0 spiro atoms. The van der Waals surface area contributed by atoms with E-state index < -0.39 is 49.3 Å². The molecular formula is C37H65NO9. The number of unbranched alkanes of at least 4 members (excludes halogenated alkanes) is 15. The average molecular weight is 668 g/mol. The average Bonchev–Trinajstić information content (AvgIpc) is 3.06. The molecule has 0 radical (unpaired) electrons. The van der Waals surface area contributed by atoms with Crippen LogP contribution < -0.4 is 5.32 Å².